The van der Waals surface area contributed by atoms with Crippen LogP contribution < -0.4 is 22.5 Å². The molecule has 2 aromatic heterocycles. The van der Waals surface area contributed by atoms with E-state index in [1.54, 1.807) is 18.2 Å². The van der Waals surface area contributed by atoms with E-state index in [-0.39, 0.29) is 22.7 Å². The lowest BCUT2D eigenvalue weighted by Crippen LogP contribution is -2.41. The highest BCUT2D eigenvalue weighted by Crippen LogP contribution is 2.22. The lowest BCUT2D eigenvalue weighted by Gasteiger charge is -2.15. The average Bonchev–Trinajstić information content (AvgIpc) is 2.74. The number of thioether (sulfide) groups is 1. The van der Waals surface area contributed by atoms with Gasteiger partial charge in [-0.1, -0.05) is 37.2 Å². The van der Waals surface area contributed by atoms with E-state index in [0.29, 0.717) is 33.5 Å². The normalized spacial score (nSPS) is 11.4. The number of rotatable bonds is 7. The molecule has 0 saturated heterocycles. The maximum absolute atomic E-state index is 13.1. The topological polar surface area (TPSA) is 122 Å². The predicted octanol–water partition coefficient (Wildman–Crippen LogP) is 2.05. The molecule has 0 amide bonds. The lowest BCUT2D eigenvalue weighted by molar-refractivity contribution is 0.102. The number of carbonyl (C=O) groups is 1. The molecular weight excluding hydrogens is 454 g/mol. The fourth-order valence-electron chi connectivity index (χ4n) is 3.19. The van der Waals surface area contributed by atoms with Crippen LogP contribution in [0.5, 0.6) is 0 Å². The zero-order valence-corrected chi connectivity index (χ0v) is 19.8. The Hall–Kier alpha value is -2.85. The van der Waals surface area contributed by atoms with Gasteiger partial charge in [-0.2, -0.15) is 0 Å². The van der Waals surface area contributed by atoms with Crippen LogP contribution in [-0.4, -0.2) is 30.2 Å². The van der Waals surface area contributed by atoms with Gasteiger partial charge in [-0.05, 0) is 30.5 Å². The van der Waals surface area contributed by atoms with Crippen LogP contribution in [0.3, 0.4) is 0 Å². The highest BCUT2D eigenvalue weighted by Gasteiger charge is 2.21. The molecule has 32 heavy (non-hydrogen) atoms. The summed E-state index contributed by atoms with van der Waals surface area (Å²) in [6, 6.07) is 4.86. The summed E-state index contributed by atoms with van der Waals surface area (Å²) in [4.78, 5) is 55.0. The maximum atomic E-state index is 13.1. The molecule has 170 valence electrons. The fourth-order valence-corrected chi connectivity index (χ4v) is 4.26. The van der Waals surface area contributed by atoms with Crippen molar-refractivity contribution in [1.82, 2.24) is 18.7 Å². The summed E-state index contributed by atoms with van der Waals surface area (Å²) < 4.78 is 3.42. The first-order valence-electron chi connectivity index (χ1n) is 9.94. The molecule has 0 radical (unpaired) electrons. The van der Waals surface area contributed by atoms with Crippen LogP contribution in [0.2, 0.25) is 5.02 Å². The minimum absolute atomic E-state index is 0.183. The van der Waals surface area contributed by atoms with E-state index in [2.05, 4.69) is 4.98 Å². The Morgan fingerprint density at radius 2 is 1.84 bits per heavy atom. The van der Waals surface area contributed by atoms with E-state index < -0.39 is 17.0 Å². The fraction of sp³-hybridized carbons (Fsp3) is 0.381. The molecule has 11 heteroatoms. The Balaban J connectivity index is 2.03. The van der Waals surface area contributed by atoms with E-state index in [4.69, 9.17) is 17.3 Å². The summed E-state index contributed by atoms with van der Waals surface area (Å²) in [5.74, 6) is -0.577. The molecule has 0 aliphatic heterocycles. The molecule has 2 N–H and O–H groups in total. The third-order valence-electron chi connectivity index (χ3n) is 5.13. The standard InChI is InChI=1S/C21H24ClN5O4S/c1-11(2)7-8-27-18(29)13-6-5-12(22)9-14(13)24-20(27)32-10-15(28)16-17(23)25(3)21(31)26(4)19(16)30/h5-6,9,11H,7-8,10,23H2,1-4H3. The van der Waals surface area contributed by atoms with Gasteiger partial charge in [-0.25, -0.2) is 9.78 Å². The number of nitrogen functional groups attached to an aromatic ring is 1. The first-order valence-corrected chi connectivity index (χ1v) is 11.3. The minimum atomic E-state index is -0.758. The number of nitrogens with zero attached hydrogens (tertiary/aromatic N) is 4. The molecule has 3 aromatic rings. The molecular formula is C21H24ClN5O4S. The van der Waals surface area contributed by atoms with Crippen molar-refractivity contribution in [2.24, 2.45) is 20.0 Å². The molecule has 0 saturated carbocycles. The van der Waals surface area contributed by atoms with Gasteiger partial charge in [0.2, 0.25) is 0 Å². The molecule has 0 fully saturated rings. The number of Topliss-reactive ketones (excluding diaryl/α,β-unsaturated/α-hetero) is 1. The quantitative estimate of drug-likeness (QED) is 0.314. The van der Waals surface area contributed by atoms with Gasteiger partial charge in [0.25, 0.3) is 11.1 Å². The minimum Gasteiger partial charge on any atom is -0.384 e. The third-order valence-corrected chi connectivity index (χ3v) is 6.34. The van der Waals surface area contributed by atoms with Crippen LogP contribution in [0.1, 0.15) is 30.6 Å². The first kappa shape index (κ1) is 23.8. The molecule has 2 heterocycles. The van der Waals surface area contributed by atoms with Crippen LogP contribution in [-0.2, 0) is 20.6 Å². The van der Waals surface area contributed by atoms with Crippen molar-refractivity contribution in [1.29, 1.82) is 0 Å². The number of hydrogen-bond donors (Lipinski definition) is 1. The van der Waals surface area contributed by atoms with E-state index in [1.807, 2.05) is 13.8 Å². The summed E-state index contributed by atoms with van der Waals surface area (Å²) in [7, 11) is 2.67. The predicted molar refractivity (Wildman–Crippen MR) is 127 cm³/mol. The molecule has 9 nitrogen and oxygen atoms in total. The molecule has 0 bridgehead atoms. The van der Waals surface area contributed by atoms with Crippen LogP contribution >= 0.6 is 23.4 Å². The smallest absolute Gasteiger partial charge is 0.332 e. The largest absolute Gasteiger partial charge is 0.384 e. The molecule has 0 aliphatic carbocycles. The Morgan fingerprint density at radius 3 is 2.50 bits per heavy atom. The maximum Gasteiger partial charge on any atom is 0.332 e. The first-order chi connectivity index (χ1) is 15.0. The van der Waals surface area contributed by atoms with Gasteiger partial charge in [0.05, 0.1) is 16.7 Å². The summed E-state index contributed by atoms with van der Waals surface area (Å²) in [5.41, 5.74) is 4.45. The van der Waals surface area contributed by atoms with Crippen molar-refractivity contribution in [3.63, 3.8) is 0 Å². The van der Waals surface area contributed by atoms with Crippen LogP contribution in [0.25, 0.3) is 10.9 Å². The second-order valence-electron chi connectivity index (χ2n) is 7.87. The van der Waals surface area contributed by atoms with Crippen LogP contribution in [0.15, 0.2) is 37.7 Å². The zero-order valence-electron chi connectivity index (χ0n) is 18.2. The Kier molecular flexibility index (Phi) is 6.94. The number of anilines is 1. The Bertz CT molecular complexity index is 1390. The SMILES string of the molecule is CC(C)CCn1c(SCC(=O)c2c(N)n(C)c(=O)n(C)c2=O)nc2cc(Cl)ccc2c1=O. The van der Waals surface area contributed by atoms with Gasteiger partial charge in [0.15, 0.2) is 10.9 Å². The number of hydrogen-bond acceptors (Lipinski definition) is 7. The monoisotopic (exact) mass is 477 g/mol. The summed E-state index contributed by atoms with van der Waals surface area (Å²) in [6.07, 6.45) is 0.747. The molecule has 0 aliphatic rings. The van der Waals surface area contributed by atoms with Crippen molar-refractivity contribution in [3.8, 4) is 0 Å². The van der Waals surface area contributed by atoms with Crippen molar-refractivity contribution in [2.45, 2.75) is 32.0 Å². The number of ketones is 1. The number of nitrogens with two attached hydrogens (primary N) is 1. The van der Waals surface area contributed by atoms with E-state index in [1.165, 1.54) is 18.7 Å². The number of aromatic nitrogens is 4. The Labute approximate surface area is 192 Å². The van der Waals surface area contributed by atoms with Crippen LogP contribution in [0.4, 0.5) is 5.82 Å². The van der Waals surface area contributed by atoms with E-state index >= 15 is 0 Å². The zero-order chi connectivity index (χ0) is 23.7. The lowest BCUT2D eigenvalue weighted by atomic mass is 10.1. The van der Waals surface area contributed by atoms with Gasteiger partial charge in [0, 0.05) is 25.7 Å². The Morgan fingerprint density at radius 1 is 1.16 bits per heavy atom. The van der Waals surface area contributed by atoms with Gasteiger partial charge in [0.1, 0.15) is 11.4 Å². The van der Waals surface area contributed by atoms with Crippen molar-refractivity contribution in [3.05, 3.63) is 60.0 Å². The number of carbonyl (C=O) groups excluding carboxylic acids is 1. The molecule has 0 spiro atoms. The molecule has 0 unspecified atom stereocenters. The number of benzene rings is 1. The van der Waals surface area contributed by atoms with Gasteiger partial charge >= 0.3 is 5.69 Å². The van der Waals surface area contributed by atoms with Crippen molar-refractivity contribution in [2.75, 3.05) is 11.5 Å². The second kappa shape index (κ2) is 9.33. The highest BCUT2D eigenvalue weighted by molar-refractivity contribution is 7.99. The van der Waals surface area contributed by atoms with Crippen molar-refractivity contribution >= 4 is 45.9 Å². The number of fused-ring (bicyclic) bond motifs is 1. The molecule has 3 rings (SSSR count). The summed E-state index contributed by atoms with van der Waals surface area (Å²) in [5, 5.41) is 1.22. The molecule has 0 atom stereocenters. The van der Waals surface area contributed by atoms with Gasteiger partial charge in [-0.3, -0.25) is 28.1 Å². The molecule has 1 aromatic carbocycles. The van der Waals surface area contributed by atoms with Crippen LogP contribution in [0, 0.1) is 5.92 Å². The summed E-state index contributed by atoms with van der Waals surface area (Å²) in [6.45, 7) is 4.53. The van der Waals surface area contributed by atoms with Crippen molar-refractivity contribution < 1.29 is 4.79 Å². The van der Waals surface area contributed by atoms with Gasteiger partial charge in [-0.15, -0.1) is 0 Å². The third kappa shape index (κ3) is 4.51. The number of halogens is 1. The summed E-state index contributed by atoms with van der Waals surface area (Å²) >= 11 is 7.10. The van der Waals surface area contributed by atoms with E-state index in [0.717, 1.165) is 27.3 Å². The van der Waals surface area contributed by atoms with Gasteiger partial charge < -0.3 is 5.73 Å². The van der Waals surface area contributed by atoms with E-state index in [9.17, 15) is 19.2 Å². The second-order valence-corrected chi connectivity index (χ2v) is 9.25. The highest BCUT2D eigenvalue weighted by atomic mass is 35.5. The average molecular weight is 478 g/mol.